The highest BCUT2D eigenvalue weighted by molar-refractivity contribution is 7.98. The van der Waals surface area contributed by atoms with Crippen molar-refractivity contribution < 1.29 is 0 Å². The second-order valence-corrected chi connectivity index (χ2v) is 4.78. The lowest BCUT2D eigenvalue weighted by Gasteiger charge is -2.02. The van der Waals surface area contributed by atoms with Gasteiger partial charge in [-0.05, 0) is 12.3 Å². The second-order valence-electron chi connectivity index (χ2n) is 3.94. The van der Waals surface area contributed by atoms with E-state index in [1.807, 2.05) is 30.5 Å². The SMILES string of the molecule is CSc1ccccc1-c1nc2nc(N)[nH]c(=O)c2[nH]1. The Bertz CT molecular complexity index is 807. The highest BCUT2D eigenvalue weighted by Crippen LogP contribution is 2.28. The van der Waals surface area contributed by atoms with Gasteiger partial charge in [-0.2, -0.15) is 4.98 Å². The number of benzene rings is 1. The third-order valence-electron chi connectivity index (χ3n) is 2.74. The summed E-state index contributed by atoms with van der Waals surface area (Å²) in [5.74, 6) is 0.678. The number of H-pyrrole nitrogens is 2. The summed E-state index contributed by atoms with van der Waals surface area (Å²) in [5, 5.41) is 0. The van der Waals surface area contributed by atoms with Gasteiger partial charge in [-0.15, -0.1) is 11.8 Å². The molecule has 1 aromatic carbocycles. The minimum absolute atomic E-state index is 0.0636. The van der Waals surface area contributed by atoms with E-state index in [-0.39, 0.29) is 11.5 Å². The molecule has 0 bridgehead atoms. The minimum Gasteiger partial charge on any atom is -0.369 e. The van der Waals surface area contributed by atoms with E-state index in [2.05, 4.69) is 19.9 Å². The summed E-state index contributed by atoms with van der Waals surface area (Å²) in [4.78, 5) is 26.6. The number of nitrogens with two attached hydrogens (primary N) is 1. The van der Waals surface area contributed by atoms with Crippen molar-refractivity contribution in [3.05, 3.63) is 34.6 Å². The Morgan fingerprint density at radius 2 is 2.00 bits per heavy atom. The largest absolute Gasteiger partial charge is 0.369 e. The molecule has 96 valence electrons. The van der Waals surface area contributed by atoms with E-state index < -0.39 is 0 Å². The van der Waals surface area contributed by atoms with Gasteiger partial charge in [-0.3, -0.25) is 9.78 Å². The molecule has 0 radical (unpaired) electrons. The predicted molar refractivity (Wildman–Crippen MR) is 76.1 cm³/mol. The molecular formula is C12H11N5OS. The molecule has 7 heteroatoms. The van der Waals surface area contributed by atoms with Crippen LogP contribution in [-0.2, 0) is 0 Å². The Morgan fingerprint density at radius 1 is 1.21 bits per heavy atom. The van der Waals surface area contributed by atoms with Crippen LogP contribution < -0.4 is 11.3 Å². The van der Waals surface area contributed by atoms with Crippen LogP contribution in [0.2, 0.25) is 0 Å². The topological polar surface area (TPSA) is 100 Å². The van der Waals surface area contributed by atoms with Crippen molar-refractivity contribution in [2.45, 2.75) is 4.90 Å². The molecule has 3 aromatic rings. The van der Waals surface area contributed by atoms with Crippen molar-refractivity contribution in [2.75, 3.05) is 12.0 Å². The highest BCUT2D eigenvalue weighted by atomic mass is 32.2. The van der Waals surface area contributed by atoms with Crippen LogP contribution in [0.5, 0.6) is 0 Å². The van der Waals surface area contributed by atoms with Crippen molar-refractivity contribution in [3.63, 3.8) is 0 Å². The molecule has 0 saturated heterocycles. The number of nitrogen functional groups attached to an aromatic ring is 1. The number of imidazole rings is 1. The maximum Gasteiger partial charge on any atom is 0.278 e. The molecule has 0 spiro atoms. The summed E-state index contributed by atoms with van der Waals surface area (Å²) in [6, 6.07) is 7.83. The average molecular weight is 273 g/mol. The zero-order valence-corrected chi connectivity index (χ0v) is 10.9. The van der Waals surface area contributed by atoms with Crippen molar-refractivity contribution >= 4 is 28.9 Å². The lowest BCUT2D eigenvalue weighted by Crippen LogP contribution is -2.10. The molecular weight excluding hydrogens is 262 g/mol. The smallest absolute Gasteiger partial charge is 0.278 e. The molecule has 4 N–H and O–H groups in total. The molecule has 3 rings (SSSR count). The van der Waals surface area contributed by atoms with Gasteiger partial charge in [0.2, 0.25) is 5.95 Å². The van der Waals surface area contributed by atoms with Crippen LogP contribution >= 0.6 is 11.8 Å². The molecule has 0 saturated carbocycles. The van der Waals surface area contributed by atoms with Crippen molar-refractivity contribution in [1.82, 2.24) is 19.9 Å². The van der Waals surface area contributed by atoms with Crippen LogP contribution in [0.3, 0.4) is 0 Å². The normalized spacial score (nSPS) is 11.0. The molecule has 0 unspecified atom stereocenters. The Morgan fingerprint density at radius 3 is 2.79 bits per heavy atom. The summed E-state index contributed by atoms with van der Waals surface area (Å²) >= 11 is 1.62. The lowest BCUT2D eigenvalue weighted by molar-refractivity contribution is 1.17. The van der Waals surface area contributed by atoms with E-state index in [9.17, 15) is 4.79 Å². The van der Waals surface area contributed by atoms with Crippen molar-refractivity contribution in [3.8, 4) is 11.4 Å². The van der Waals surface area contributed by atoms with Crippen LogP contribution in [0.1, 0.15) is 0 Å². The maximum atomic E-state index is 11.7. The standard InChI is InChI=1S/C12H11N5OS/c1-19-7-5-3-2-4-6(7)9-14-8-10(15-9)16-12(13)17-11(8)18/h2-5H,1H3,(H4,13,14,15,16,17,18). The third kappa shape index (κ3) is 1.97. The van der Waals surface area contributed by atoms with Gasteiger partial charge in [0.25, 0.3) is 5.56 Å². The fraction of sp³-hybridized carbons (Fsp3) is 0.0833. The van der Waals surface area contributed by atoms with Gasteiger partial charge in [0.15, 0.2) is 11.2 Å². The first kappa shape index (κ1) is 11.8. The van der Waals surface area contributed by atoms with Crippen LogP contribution in [0.25, 0.3) is 22.6 Å². The predicted octanol–water partition coefficient (Wildman–Crippen LogP) is 1.62. The number of rotatable bonds is 2. The first-order valence-electron chi connectivity index (χ1n) is 5.58. The summed E-state index contributed by atoms with van der Waals surface area (Å²) in [5.41, 5.74) is 6.78. The highest BCUT2D eigenvalue weighted by Gasteiger charge is 2.12. The van der Waals surface area contributed by atoms with Crippen LogP contribution in [0.15, 0.2) is 34.0 Å². The van der Waals surface area contributed by atoms with Gasteiger partial charge >= 0.3 is 0 Å². The van der Waals surface area contributed by atoms with Gasteiger partial charge in [0, 0.05) is 10.5 Å². The number of hydrogen-bond acceptors (Lipinski definition) is 5. The molecule has 0 fully saturated rings. The number of thioether (sulfide) groups is 1. The van der Waals surface area contributed by atoms with E-state index in [0.717, 1.165) is 10.5 Å². The zero-order valence-electron chi connectivity index (χ0n) is 10.1. The van der Waals surface area contributed by atoms with Gasteiger partial charge in [0.05, 0.1) is 0 Å². The van der Waals surface area contributed by atoms with E-state index >= 15 is 0 Å². The van der Waals surface area contributed by atoms with Crippen molar-refractivity contribution in [2.24, 2.45) is 0 Å². The van der Waals surface area contributed by atoms with Crippen LogP contribution in [0, 0.1) is 0 Å². The van der Waals surface area contributed by atoms with Gasteiger partial charge in [-0.1, -0.05) is 18.2 Å². The molecule has 0 aliphatic heterocycles. The summed E-state index contributed by atoms with van der Waals surface area (Å²) in [6.07, 6.45) is 1.99. The molecule has 2 heterocycles. The number of hydrogen-bond donors (Lipinski definition) is 3. The number of anilines is 1. The Hall–Kier alpha value is -2.28. The molecule has 6 nitrogen and oxygen atoms in total. The summed E-state index contributed by atoms with van der Waals surface area (Å²) < 4.78 is 0. The van der Waals surface area contributed by atoms with E-state index in [1.54, 1.807) is 11.8 Å². The number of aromatic amines is 2. The fourth-order valence-electron chi connectivity index (χ4n) is 1.89. The molecule has 2 aromatic heterocycles. The van der Waals surface area contributed by atoms with Gasteiger partial charge < -0.3 is 10.7 Å². The first-order valence-corrected chi connectivity index (χ1v) is 6.80. The second kappa shape index (κ2) is 4.43. The Labute approximate surface area is 112 Å². The van der Waals surface area contributed by atoms with E-state index in [1.165, 1.54) is 0 Å². The van der Waals surface area contributed by atoms with Gasteiger partial charge in [-0.25, -0.2) is 4.98 Å². The molecule has 0 aliphatic rings. The summed E-state index contributed by atoms with van der Waals surface area (Å²) in [7, 11) is 0. The quantitative estimate of drug-likeness (QED) is 0.616. The first-order chi connectivity index (χ1) is 9.19. The number of nitrogens with one attached hydrogen (secondary N) is 2. The van der Waals surface area contributed by atoms with Crippen LogP contribution in [-0.4, -0.2) is 26.2 Å². The van der Waals surface area contributed by atoms with Crippen LogP contribution in [0.4, 0.5) is 5.95 Å². The average Bonchev–Trinajstić information content (AvgIpc) is 2.82. The lowest BCUT2D eigenvalue weighted by atomic mass is 10.2. The fourth-order valence-corrected chi connectivity index (χ4v) is 2.49. The minimum atomic E-state index is -0.317. The monoisotopic (exact) mass is 273 g/mol. The van der Waals surface area contributed by atoms with Gasteiger partial charge in [0.1, 0.15) is 5.82 Å². The third-order valence-corrected chi connectivity index (χ3v) is 3.54. The molecule has 19 heavy (non-hydrogen) atoms. The van der Waals surface area contributed by atoms with E-state index in [4.69, 9.17) is 5.73 Å². The molecule has 0 aliphatic carbocycles. The molecule has 0 atom stereocenters. The maximum absolute atomic E-state index is 11.7. The number of aromatic nitrogens is 4. The summed E-state index contributed by atoms with van der Waals surface area (Å²) in [6.45, 7) is 0. The Balaban J connectivity index is 2.26. The Kier molecular flexibility index (Phi) is 2.75. The number of nitrogens with zero attached hydrogens (tertiary/aromatic N) is 2. The number of fused-ring (bicyclic) bond motifs is 1. The van der Waals surface area contributed by atoms with Crippen molar-refractivity contribution in [1.29, 1.82) is 0 Å². The zero-order chi connectivity index (χ0) is 13.4. The molecule has 0 amide bonds. The van der Waals surface area contributed by atoms with E-state index in [0.29, 0.717) is 17.0 Å².